The molecule has 1 rings (SSSR count). The number of hydrogen-bond acceptors (Lipinski definition) is 4. The van der Waals surface area contributed by atoms with Gasteiger partial charge in [0.1, 0.15) is 18.0 Å². The number of hydrogen-bond donors (Lipinski definition) is 3. The van der Waals surface area contributed by atoms with Crippen LogP contribution in [0.3, 0.4) is 0 Å². The Morgan fingerprint density at radius 3 is 2.39 bits per heavy atom. The highest BCUT2D eigenvalue weighted by molar-refractivity contribution is 5.98. The average molecular weight is 253 g/mol. The van der Waals surface area contributed by atoms with E-state index < -0.39 is 18.4 Å². The summed E-state index contributed by atoms with van der Waals surface area (Å²) in [4.78, 5) is 23.9. The van der Waals surface area contributed by atoms with Gasteiger partial charge in [0.25, 0.3) is 5.91 Å². The first-order valence-electron chi connectivity index (χ1n) is 5.37. The SMILES string of the molecule is CC(C)N(CC(=O)O)C(=O)c1cc(O)ccc1O. The van der Waals surface area contributed by atoms with E-state index in [0.29, 0.717) is 0 Å². The molecular formula is C12H15NO5. The molecule has 6 nitrogen and oxygen atoms in total. The van der Waals surface area contributed by atoms with Crippen LogP contribution in [0.5, 0.6) is 11.5 Å². The van der Waals surface area contributed by atoms with Crippen molar-refractivity contribution >= 4 is 11.9 Å². The Kier molecular flexibility index (Phi) is 4.14. The lowest BCUT2D eigenvalue weighted by Gasteiger charge is -2.25. The maximum Gasteiger partial charge on any atom is 0.323 e. The summed E-state index contributed by atoms with van der Waals surface area (Å²) in [6.07, 6.45) is 0. The van der Waals surface area contributed by atoms with Gasteiger partial charge in [-0.1, -0.05) is 0 Å². The molecule has 0 saturated heterocycles. The van der Waals surface area contributed by atoms with Crippen LogP contribution in [0.2, 0.25) is 0 Å². The summed E-state index contributed by atoms with van der Waals surface area (Å²) >= 11 is 0. The smallest absolute Gasteiger partial charge is 0.323 e. The third-order valence-electron chi connectivity index (χ3n) is 2.40. The van der Waals surface area contributed by atoms with Gasteiger partial charge in [-0.15, -0.1) is 0 Å². The van der Waals surface area contributed by atoms with Crippen molar-refractivity contribution in [2.75, 3.05) is 6.54 Å². The van der Waals surface area contributed by atoms with Crippen LogP contribution in [0, 0.1) is 0 Å². The number of carbonyl (C=O) groups is 2. The second-order valence-electron chi connectivity index (χ2n) is 4.12. The molecule has 0 fully saturated rings. The number of carboxylic acid groups (broad SMARTS) is 1. The molecule has 3 N–H and O–H groups in total. The highest BCUT2D eigenvalue weighted by Gasteiger charge is 2.23. The van der Waals surface area contributed by atoms with Crippen LogP contribution in [0.1, 0.15) is 24.2 Å². The Morgan fingerprint density at radius 2 is 1.89 bits per heavy atom. The van der Waals surface area contributed by atoms with E-state index in [9.17, 15) is 19.8 Å². The number of benzene rings is 1. The van der Waals surface area contributed by atoms with E-state index in [4.69, 9.17) is 5.11 Å². The standard InChI is InChI=1S/C12H15NO5/c1-7(2)13(6-11(16)17)12(18)9-5-8(14)3-4-10(9)15/h3-5,7,14-15H,6H2,1-2H3,(H,16,17). The van der Waals surface area contributed by atoms with Gasteiger partial charge in [-0.25, -0.2) is 0 Å². The van der Waals surface area contributed by atoms with Crippen molar-refractivity contribution in [1.29, 1.82) is 0 Å². The largest absolute Gasteiger partial charge is 0.508 e. The van der Waals surface area contributed by atoms with Crippen molar-refractivity contribution in [3.63, 3.8) is 0 Å². The fourth-order valence-electron chi connectivity index (χ4n) is 1.48. The summed E-state index contributed by atoms with van der Waals surface area (Å²) in [6, 6.07) is 3.19. The molecule has 0 bridgehead atoms. The number of aliphatic carboxylic acids is 1. The lowest BCUT2D eigenvalue weighted by atomic mass is 10.1. The van der Waals surface area contributed by atoms with Crippen LogP contribution in [-0.4, -0.2) is 44.7 Å². The Labute approximate surface area is 104 Å². The Bertz CT molecular complexity index is 470. The van der Waals surface area contributed by atoms with E-state index in [1.807, 2.05) is 0 Å². The van der Waals surface area contributed by atoms with Crippen molar-refractivity contribution in [3.8, 4) is 11.5 Å². The lowest BCUT2D eigenvalue weighted by molar-refractivity contribution is -0.138. The molecule has 98 valence electrons. The first-order valence-corrected chi connectivity index (χ1v) is 5.37. The predicted octanol–water partition coefficient (Wildman–Crippen LogP) is 1.03. The Morgan fingerprint density at radius 1 is 1.28 bits per heavy atom. The minimum Gasteiger partial charge on any atom is -0.508 e. The molecule has 1 aromatic rings. The number of phenols is 2. The highest BCUT2D eigenvalue weighted by Crippen LogP contribution is 2.24. The molecule has 0 aliphatic heterocycles. The summed E-state index contributed by atoms with van der Waals surface area (Å²) in [5, 5.41) is 27.6. The molecule has 18 heavy (non-hydrogen) atoms. The van der Waals surface area contributed by atoms with Gasteiger partial charge < -0.3 is 20.2 Å². The third-order valence-corrected chi connectivity index (χ3v) is 2.40. The monoisotopic (exact) mass is 253 g/mol. The van der Waals surface area contributed by atoms with E-state index in [1.54, 1.807) is 13.8 Å². The van der Waals surface area contributed by atoms with Crippen molar-refractivity contribution in [2.24, 2.45) is 0 Å². The minimum atomic E-state index is -1.14. The van der Waals surface area contributed by atoms with Crippen molar-refractivity contribution in [2.45, 2.75) is 19.9 Å². The van der Waals surface area contributed by atoms with E-state index >= 15 is 0 Å². The van der Waals surface area contributed by atoms with Crippen LogP contribution in [0.15, 0.2) is 18.2 Å². The molecule has 1 aromatic carbocycles. The summed E-state index contributed by atoms with van der Waals surface area (Å²) < 4.78 is 0. The van der Waals surface area contributed by atoms with Gasteiger partial charge in [0.05, 0.1) is 5.56 Å². The predicted molar refractivity (Wildman–Crippen MR) is 63.6 cm³/mol. The van der Waals surface area contributed by atoms with Gasteiger partial charge >= 0.3 is 5.97 Å². The van der Waals surface area contributed by atoms with Gasteiger partial charge in [0.2, 0.25) is 0 Å². The quantitative estimate of drug-likeness (QED) is 0.696. The fourth-order valence-corrected chi connectivity index (χ4v) is 1.48. The summed E-state index contributed by atoms with van der Waals surface area (Å²) in [5.41, 5.74) is -0.120. The second-order valence-corrected chi connectivity index (χ2v) is 4.12. The number of rotatable bonds is 4. The van der Waals surface area contributed by atoms with Crippen molar-refractivity contribution in [1.82, 2.24) is 4.90 Å². The van der Waals surface area contributed by atoms with E-state index in [2.05, 4.69) is 0 Å². The van der Waals surface area contributed by atoms with E-state index in [0.717, 1.165) is 11.0 Å². The summed E-state index contributed by atoms with van der Waals surface area (Å²) in [6.45, 7) is 2.87. The maximum absolute atomic E-state index is 12.1. The highest BCUT2D eigenvalue weighted by atomic mass is 16.4. The molecule has 0 aliphatic rings. The normalized spacial score (nSPS) is 10.4. The zero-order chi connectivity index (χ0) is 13.9. The van der Waals surface area contributed by atoms with Gasteiger partial charge in [-0.05, 0) is 32.0 Å². The molecular weight excluding hydrogens is 238 g/mol. The number of aromatic hydroxyl groups is 2. The van der Waals surface area contributed by atoms with E-state index in [1.165, 1.54) is 12.1 Å². The number of carbonyl (C=O) groups excluding carboxylic acids is 1. The summed E-state index contributed by atoms with van der Waals surface area (Å²) in [5.74, 6) is -2.25. The summed E-state index contributed by atoms with van der Waals surface area (Å²) in [7, 11) is 0. The van der Waals surface area contributed by atoms with Gasteiger partial charge in [-0.2, -0.15) is 0 Å². The zero-order valence-corrected chi connectivity index (χ0v) is 10.1. The molecule has 0 spiro atoms. The fraction of sp³-hybridized carbons (Fsp3) is 0.333. The second kappa shape index (κ2) is 5.39. The molecule has 0 radical (unpaired) electrons. The Balaban J connectivity index is 3.09. The van der Waals surface area contributed by atoms with Crippen LogP contribution in [-0.2, 0) is 4.79 Å². The zero-order valence-electron chi connectivity index (χ0n) is 10.1. The molecule has 0 saturated carbocycles. The first-order chi connectivity index (χ1) is 8.32. The average Bonchev–Trinajstić information content (AvgIpc) is 2.27. The van der Waals surface area contributed by atoms with Crippen molar-refractivity contribution in [3.05, 3.63) is 23.8 Å². The maximum atomic E-state index is 12.1. The van der Waals surface area contributed by atoms with Gasteiger partial charge in [0.15, 0.2) is 0 Å². The molecule has 0 heterocycles. The van der Waals surface area contributed by atoms with Crippen LogP contribution in [0.25, 0.3) is 0 Å². The van der Waals surface area contributed by atoms with Crippen LogP contribution in [0.4, 0.5) is 0 Å². The molecule has 0 aromatic heterocycles. The first kappa shape index (κ1) is 13.8. The molecule has 0 unspecified atom stereocenters. The number of amides is 1. The lowest BCUT2D eigenvalue weighted by Crippen LogP contribution is -2.40. The molecule has 0 aliphatic carbocycles. The van der Waals surface area contributed by atoms with E-state index in [-0.39, 0.29) is 23.1 Å². The minimum absolute atomic E-state index is 0.120. The van der Waals surface area contributed by atoms with Crippen LogP contribution < -0.4 is 0 Å². The van der Waals surface area contributed by atoms with Gasteiger partial charge in [0, 0.05) is 6.04 Å². The number of carboxylic acids is 1. The van der Waals surface area contributed by atoms with Gasteiger partial charge in [-0.3, -0.25) is 9.59 Å². The number of nitrogens with zero attached hydrogens (tertiary/aromatic N) is 1. The van der Waals surface area contributed by atoms with Crippen molar-refractivity contribution < 1.29 is 24.9 Å². The number of phenolic OH excluding ortho intramolecular Hbond substituents is 2. The topological polar surface area (TPSA) is 98.1 Å². The molecule has 1 amide bonds. The third kappa shape index (κ3) is 3.13. The molecule has 6 heteroatoms. The Hall–Kier alpha value is -2.24. The van der Waals surface area contributed by atoms with Crippen LogP contribution >= 0.6 is 0 Å². The molecule has 0 atom stereocenters.